The molecule has 0 radical (unpaired) electrons. The first kappa shape index (κ1) is 22.8. The second kappa shape index (κ2) is 10.5. The van der Waals surface area contributed by atoms with Crippen LogP contribution in [0.1, 0.15) is 63.0 Å². The van der Waals surface area contributed by atoms with E-state index in [4.69, 9.17) is 9.47 Å². The van der Waals surface area contributed by atoms with Gasteiger partial charge in [0.2, 0.25) is 0 Å². The van der Waals surface area contributed by atoms with Gasteiger partial charge in [0.1, 0.15) is 12.4 Å². The minimum atomic E-state index is -0.586. The molecular formula is C26H35NO5. The number of nitrogens with zero attached hydrogens (tertiary/aromatic N) is 1. The molecule has 6 nitrogen and oxygen atoms in total. The first-order valence-corrected chi connectivity index (χ1v) is 12.1. The standard InChI is InChI=1S/C26H35NO5/c1-2-3-4-7-21(28)12-11-18-9-10-20-16-23-19(15-22(18)20)6-5-8-24(23)32-17-25(29)27-13-14-31-26(27)30/h5-6,8,11,20-22,28H,2-4,7,9-10,12-17H2,1H3/b18-11+. The lowest BCUT2D eigenvalue weighted by atomic mass is 9.76. The van der Waals surface area contributed by atoms with E-state index in [1.807, 2.05) is 12.1 Å². The van der Waals surface area contributed by atoms with Crippen molar-refractivity contribution in [3.05, 3.63) is 41.0 Å². The molecule has 3 atom stereocenters. The number of amides is 2. The van der Waals surface area contributed by atoms with E-state index in [9.17, 15) is 14.7 Å². The number of rotatable bonds is 9. The summed E-state index contributed by atoms with van der Waals surface area (Å²) in [4.78, 5) is 25.0. The number of imide groups is 1. The Morgan fingerprint density at radius 2 is 2.22 bits per heavy atom. The number of aliphatic hydroxyl groups excluding tert-OH is 1. The van der Waals surface area contributed by atoms with E-state index in [2.05, 4.69) is 19.1 Å². The van der Waals surface area contributed by atoms with Crippen molar-refractivity contribution in [3.63, 3.8) is 0 Å². The van der Waals surface area contributed by atoms with E-state index < -0.39 is 6.09 Å². The molecule has 1 aliphatic heterocycles. The van der Waals surface area contributed by atoms with Gasteiger partial charge in [-0.1, -0.05) is 50.0 Å². The number of allylic oxidation sites excluding steroid dienone is 1. The number of fused-ring (bicyclic) bond motifs is 2. The lowest BCUT2D eigenvalue weighted by Gasteiger charge is -2.30. The van der Waals surface area contributed by atoms with Gasteiger partial charge in [-0.25, -0.2) is 9.69 Å². The number of unbranched alkanes of at least 4 members (excludes halogenated alkanes) is 2. The van der Waals surface area contributed by atoms with Crippen LogP contribution in [0.4, 0.5) is 4.79 Å². The van der Waals surface area contributed by atoms with Crippen molar-refractivity contribution in [1.82, 2.24) is 4.90 Å². The number of hydrogen-bond donors (Lipinski definition) is 1. The van der Waals surface area contributed by atoms with E-state index in [1.165, 1.54) is 29.5 Å². The molecule has 0 aromatic heterocycles. The van der Waals surface area contributed by atoms with Crippen LogP contribution in [-0.2, 0) is 22.4 Å². The molecule has 3 aliphatic rings. The Balaban J connectivity index is 1.37. The van der Waals surface area contributed by atoms with Gasteiger partial charge in [0.15, 0.2) is 6.61 Å². The zero-order valence-corrected chi connectivity index (χ0v) is 19.1. The summed E-state index contributed by atoms with van der Waals surface area (Å²) in [6, 6.07) is 6.07. The molecular weight excluding hydrogens is 406 g/mol. The third-order valence-corrected chi connectivity index (χ3v) is 7.19. The monoisotopic (exact) mass is 441 g/mol. The molecule has 1 aromatic rings. The van der Waals surface area contributed by atoms with Crippen LogP contribution < -0.4 is 4.74 Å². The number of benzene rings is 1. The zero-order valence-electron chi connectivity index (χ0n) is 19.1. The van der Waals surface area contributed by atoms with E-state index in [1.54, 1.807) is 0 Å². The van der Waals surface area contributed by atoms with Gasteiger partial charge in [-0.2, -0.15) is 0 Å². The van der Waals surface area contributed by atoms with Crippen LogP contribution in [-0.4, -0.2) is 47.9 Å². The topological polar surface area (TPSA) is 76.1 Å². The maximum atomic E-state index is 12.3. The predicted molar refractivity (Wildman–Crippen MR) is 121 cm³/mol. The summed E-state index contributed by atoms with van der Waals surface area (Å²) in [6.07, 6.45) is 10.8. The fraction of sp³-hybridized carbons (Fsp3) is 0.615. The summed E-state index contributed by atoms with van der Waals surface area (Å²) in [5, 5.41) is 10.3. The van der Waals surface area contributed by atoms with Gasteiger partial charge >= 0.3 is 6.09 Å². The van der Waals surface area contributed by atoms with Crippen LogP contribution in [0.3, 0.4) is 0 Å². The highest BCUT2D eigenvalue weighted by molar-refractivity contribution is 5.93. The molecule has 1 saturated carbocycles. The van der Waals surface area contributed by atoms with E-state index in [0.717, 1.165) is 55.6 Å². The third-order valence-electron chi connectivity index (χ3n) is 7.19. The summed E-state index contributed by atoms with van der Waals surface area (Å²) in [5.74, 6) is 1.52. The minimum absolute atomic E-state index is 0.152. The number of ether oxygens (including phenoxy) is 2. The molecule has 0 bridgehead atoms. The van der Waals surface area contributed by atoms with Gasteiger partial charge in [0.05, 0.1) is 12.6 Å². The molecule has 1 heterocycles. The highest BCUT2D eigenvalue weighted by Gasteiger charge is 2.37. The number of carbonyl (C=O) groups excluding carboxylic acids is 2. The van der Waals surface area contributed by atoms with E-state index in [0.29, 0.717) is 18.4 Å². The van der Waals surface area contributed by atoms with Crippen molar-refractivity contribution in [3.8, 4) is 5.75 Å². The predicted octanol–water partition coefficient (Wildman–Crippen LogP) is 4.43. The maximum Gasteiger partial charge on any atom is 0.416 e. The summed E-state index contributed by atoms with van der Waals surface area (Å²) < 4.78 is 10.7. The van der Waals surface area contributed by atoms with Crippen LogP contribution in [0.25, 0.3) is 0 Å². The molecule has 0 spiro atoms. The maximum absolute atomic E-state index is 12.3. The van der Waals surface area contributed by atoms with Crippen LogP contribution in [0.5, 0.6) is 5.75 Å². The molecule has 32 heavy (non-hydrogen) atoms. The number of carbonyl (C=O) groups is 2. The van der Waals surface area contributed by atoms with Crippen molar-refractivity contribution in [2.75, 3.05) is 19.8 Å². The first-order valence-electron chi connectivity index (χ1n) is 12.1. The number of cyclic esters (lactones) is 1. The SMILES string of the molecule is CCCCCC(O)C/C=C1\CCC2Cc3c(cccc3OCC(=O)N3CCOC3=O)CC12. The van der Waals surface area contributed by atoms with Crippen LogP contribution in [0, 0.1) is 11.8 Å². The molecule has 1 aromatic carbocycles. The third kappa shape index (κ3) is 5.17. The normalized spacial score (nSPS) is 24.2. The van der Waals surface area contributed by atoms with Gasteiger partial charge in [-0.3, -0.25) is 4.79 Å². The summed E-state index contributed by atoms with van der Waals surface area (Å²) in [7, 11) is 0. The Morgan fingerprint density at radius 3 is 3.00 bits per heavy atom. The molecule has 6 heteroatoms. The van der Waals surface area contributed by atoms with Gasteiger partial charge in [-0.15, -0.1) is 0 Å². The van der Waals surface area contributed by atoms with Crippen LogP contribution in [0.2, 0.25) is 0 Å². The Hall–Kier alpha value is -2.34. The van der Waals surface area contributed by atoms with Gasteiger partial charge in [0, 0.05) is 0 Å². The molecule has 174 valence electrons. The fourth-order valence-corrected chi connectivity index (χ4v) is 5.38. The Morgan fingerprint density at radius 1 is 1.34 bits per heavy atom. The van der Waals surface area contributed by atoms with Crippen molar-refractivity contribution in [2.45, 2.75) is 70.8 Å². The Bertz CT molecular complexity index is 864. The van der Waals surface area contributed by atoms with Crippen molar-refractivity contribution < 1.29 is 24.2 Å². The molecule has 3 unspecified atom stereocenters. The van der Waals surface area contributed by atoms with Crippen molar-refractivity contribution >= 4 is 12.0 Å². The minimum Gasteiger partial charge on any atom is -0.483 e. The quantitative estimate of drug-likeness (QED) is 0.453. The van der Waals surface area contributed by atoms with Crippen molar-refractivity contribution in [1.29, 1.82) is 0 Å². The Kier molecular flexibility index (Phi) is 7.51. The molecule has 2 amide bonds. The lowest BCUT2D eigenvalue weighted by molar-refractivity contribution is -0.129. The molecule has 4 rings (SSSR count). The number of aliphatic hydroxyl groups is 1. The lowest BCUT2D eigenvalue weighted by Crippen LogP contribution is -2.35. The summed E-state index contributed by atoms with van der Waals surface area (Å²) in [5.41, 5.74) is 3.99. The molecule has 2 aliphatic carbocycles. The van der Waals surface area contributed by atoms with Gasteiger partial charge in [0.25, 0.3) is 5.91 Å². The summed E-state index contributed by atoms with van der Waals surface area (Å²) in [6.45, 7) is 2.58. The van der Waals surface area contributed by atoms with Gasteiger partial charge < -0.3 is 14.6 Å². The van der Waals surface area contributed by atoms with Gasteiger partial charge in [-0.05, 0) is 67.6 Å². The highest BCUT2D eigenvalue weighted by Crippen LogP contribution is 2.46. The van der Waals surface area contributed by atoms with Crippen molar-refractivity contribution in [2.24, 2.45) is 11.8 Å². The molecule has 1 saturated heterocycles. The Labute approximate surface area is 190 Å². The zero-order chi connectivity index (χ0) is 22.5. The van der Waals surface area contributed by atoms with Crippen LogP contribution >= 0.6 is 0 Å². The second-order valence-electron chi connectivity index (χ2n) is 9.32. The second-order valence-corrected chi connectivity index (χ2v) is 9.32. The molecule has 2 fully saturated rings. The number of hydrogen-bond acceptors (Lipinski definition) is 5. The highest BCUT2D eigenvalue weighted by atomic mass is 16.6. The average Bonchev–Trinajstić information content (AvgIpc) is 3.40. The smallest absolute Gasteiger partial charge is 0.416 e. The largest absolute Gasteiger partial charge is 0.483 e. The first-order chi connectivity index (χ1) is 15.6. The average molecular weight is 442 g/mol. The molecule has 1 N–H and O–H groups in total. The summed E-state index contributed by atoms with van der Waals surface area (Å²) >= 11 is 0. The van der Waals surface area contributed by atoms with Crippen LogP contribution in [0.15, 0.2) is 29.8 Å². The van der Waals surface area contributed by atoms with E-state index in [-0.39, 0.29) is 25.2 Å². The fourth-order valence-electron chi connectivity index (χ4n) is 5.38. The van der Waals surface area contributed by atoms with E-state index >= 15 is 0 Å².